The van der Waals surface area contributed by atoms with Crippen LogP contribution in [0, 0.1) is 5.82 Å². The van der Waals surface area contributed by atoms with Crippen molar-refractivity contribution in [1.29, 1.82) is 0 Å². The van der Waals surface area contributed by atoms with Gasteiger partial charge in [0.1, 0.15) is 11.9 Å². The molecule has 0 bridgehead atoms. The summed E-state index contributed by atoms with van der Waals surface area (Å²) >= 11 is 6.75. The van der Waals surface area contributed by atoms with Crippen LogP contribution < -0.4 is 0 Å². The second kappa shape index (κ2) is 6.05. The Kier molecular flexibility index (Phi) is 4.14. The van der Waals surface area contributed by atoms with Crippen LogP contribution in [0.4, 0.5) is 4.39 Å². The molecule has 110 valence electrons. The number of benzene rings is 1. The molecule has 0 radical (unpaired) electrons. The monoisotopic (exact) mass is 327 g/mol. The van der Waals surface area contributed by atoms with Crippen LogP contribution in [-0.4, -0.2) is 40.7 Å². The standard InChI is InChI=1S/C13H11ClFN3O2S/c14-13-17-16-11(21-13)12(19)18-5-6-20-10(7-18)8-1-3-9(15)4-2-8/h1-4,10H,5-7H2. The molecular weight excluding hydrogens is 317 g/mol. The number of carbonyl (C=O) groups is 1. The minimum Gasteiger partial charge on any atom is -0.370 e. The third-order valence-electron chi connectivity index (χ3n) is 3.18. The second-order valence-electron chi connectivity index (χ2n) is 4.52. The highest BCUT2D eigenvalue weighted by molar-refractivity contribution is 7.17. The molecule has 3 rings (SSSR count). The Morgan fingerprint density at radius 3 is 2.81 bits per heavy atom. The Morgan fingerprint density at radius 1 is 1.38 bits per heavy atom. The van der Waals surface area contributed by atoms with Gasteiger partial charge in [0.15, 0.2) is 0 Å². The normalized spacial score (nSPS) is 18.8. The molecule has 1 aromatic heterocycles. The quantitative estimate of drug-likeness (QED) is 0.850. The molecule has 0 spiro atoms. The summed E-state index contributed by atoms with van der Waals surface area (Å²) in [6.45, 7) is 1.29. The average Bonchev–Trinajstić information content (AvgIpc) is 2.94. The fraction of sp³-hybridized carbons (Fsp3) is 0.308. The van der Waals surface area contributed by atoms with E-state index in [1.807, 2.05) is 0 Å². The van der Waals surface area contributed by atoms with Crippen LogP contribution in [0.15, 0.2) is 24.3 Å². The Balaban J connectivity index is 1.73. The summed E-state index contributed by atoms with van der Waals surface area (Å²) in [6.07, 6.45) is -0.272. The van der Waals surface area contributed by atoms with Gasteiger partial charge < -0.3 is 9.64 Å². The first kappa shape index (κ1) is 14.4. The number of rotatable bonds is 2. The van der Waals surface area contributed by atoms with Crippen LogP contribution in [-0.2, 0) is 4.74 Å². The van der Waals surface area contributed by atoms with Crippen molar-refractivity contribution >= 4 is 28.8 Å². The topological polar surface area (TPSA) is 55.3 Å². The molecule has 8 heteroatoms. The molecule has 0 N–H and O–H groups in total. The zero-order valence-electron chi connectivity index (χ0n) is 10.8. The van der Waals surface area contributed by atoms with Crippen LogP contribution in [0.2, 0.25) is 4.47 Å². The summed E-state index contributed by atoms with van der Waals surface area (Å²) in [5.74, 6) is -0.513. The first-order valence-corrected chi connectivity index (χ1v) is 7.48. The molecule has 1 aliphatic rings. The van der Waals surface area contributed by atoms with E-state index in [2.05, 4.69) is 10.2 Å². The summed E-state index contributed by atoms with van der Waals surface area (Å²) in [5, 5.41) is 7.65. The fourth-order valence-corrected chi connectivity index (χ4v) is 2.94. The molecular formula is C13H11ClFN3O2S. The summed E-state index contributed by atoms with van der Waals surface area (Å²) < 4.78 is 18.8. The number of aromatic nitrogens is 2. The van der Waals surface area contributed by atoms with Gasteiger partial charge >= 0.3 is 0 Å². The van der Waals surface area contributed by atoms with Crippen molar-refractivity contribution in [2.24, 2.45) is 0 Å². The smallest absolute Gasteiger partial charge is 0.285 e. The van der Waals surface area contributed by atoms with E-state index in [9.17, 15) is 9.18 Å². The molecule has 1 aromatic carbocycles. The van der Waals surface area contributed by atoms with E-state index in [1.54, 1.807) is 17.0 Å². The van der Waals surface area contributed by atoms with E-state index in [0.717, 1.165) is 16.9 Å². The van der Waals surface area contributed by atoms with Gasteiger partial charge in [0.2, 0.25) is 9.47 Å². The number of morpholine rings is 1. The Labute approximate surface area is 129 Å². The maximum absolute atomic E-state index is 13.0. The number of nitrogens with zero attached hydrogens (tertiary/aromatic N) is 3. The molecule has 1 saturated heterocycles. The first-order chi connectivity index (χ1) is 10.1. The van der Waals surface area contributed by atoms with E-state index in [-0.39, 0.29) is 27.3 Å². The minimum atomic E-state index is -0.300. The number of halogens is 2. The van der Waals surface area contributed by atoms with Gasteiger partial charge in [0.05, 0.1) is 13.2 Å². The van der Waals surface area contributed by atoms with Crippen LogP contribution in [0.5, 0.6) is 0 Å². The average molecular weight is 328 g/mol. The summed E-state index contributed by atoms with van der Waals surface area (Å²) in [7, 11) is 0. The Morgan fingerprint density at radius 2 is 2.14 bits per heavy atom. The highest BCUT2D eigenvalue weighted by Gasteiger charge is 2.28. The molecule has 1 unspecified atom stereocenters. The lowest BCUT2D eigenvalue weighted by Gasteiger charge is -2.32. The zero-order valence-corrected chi connectivity index (χ0v) is 12.4. The van der Waals surface area contributed by atoms with Gasteiger partial charge in [-0.1, -0.05) is 23.5 Å². The number of carbonyl (C=O) groups excluding carboxylic acids is 1. The van der Waals surface area contributed by atoms with Crippen molar-refractivity contribution in [2.75, 3.05) is 19.7 Å². The second-order valence-corrected chi connectivity index (χ2v) is 6.08. The van der Waals surface area contributed by atoms with Gasteiger partial charge in [-0.15, -0.1) is 10.2 Å². The van der Waals surface area contributed by atoms with E-state index >= 15 is 0 Å². The summed E-state index contributed by atoms with van der Waals surface area (Å²) in [6, 6.07) is 6.08. The minimum absolute atomic E-state index is 0.213. The van der Waals surface area contributed by atoms with Crippen molar-refractivity contribution in [3.8, 4) is 0 Å². The molecule has 1 atom stereocenters. The Hall–Kier alpha value is -1.57. The molecule has 5 nitrogen and oxygen atoms in total. The predicted octanol–water partition coefficient (Wildman–Crippen LogP) is 2.54. The SMILES string of the molecule is O=C(c1nnc(Cl)s1)N1CCOC(c2ccc(F)cc2)C1. The van der Waals surface area contributed by atoms with Gasteiger partial charge in [-0.05, 0) is 29.3 Å². The fourth-order valence-electron chi connectivity index (χ4n) is 2.14. The lowest BCUT2D eigenvalue weighted by Crippen LogP contribution is -2.42. The van der Waals surface area contributed by atoms with E-state index < -0.39 is 0 Å². The number of hydrogen-bond acceptors (Lipinski definition) is 5. The maximum Gasteiger partial charge on any atom is 0.285 e. The van der Waals surface area contributed by atoms with E-state index in [0.29, 0.717) is 19.7 Å². The lowest BCUT2D eigenvalue weighted by atomic mass is 10.1. The number of amides is 1. The van der Waals surface area contributed by atoms with Gasteiger partial charge in [-0.25, -0.2) is 4.39 Å². The van der Waals surface area contributed by atoms with Gasteiger partial charge in [0, 0.05) is 6.54 Å². The van der Waals surface area contributed by atoms with Crippen molar-refractivity contribution in [1.82, 2.24) is 15.1 Å². The molecule has 1 aliphatic heterocycles. The first-order valence-electron chi connectivity index (χ1n) is 6.29. The summed E-state index contributed by atoms with van der Waals surface area (Å²) in [5.41, 5.74) is 0.837. The third-order valence-corrected chi connectivity index (χ3v) is 4.19. The molecule has 1 fully saturated rings. The summed E-state index contributed by atoms with van der Waals surface area (Å²) in [4.78, 5) is 14.0. The number of hydrogen-bond donors (Lipinski definition) is 0. The van der Waals surface area contributed by atoms with Crippen LogP contribution >= 0.6 is 22.9 Å². The van der Waals surface area contributed by atoms with Crippen LogP contribution in [0.1, 0.15) is 21.5 Å². The van der Waals surface area contributed by atoms with E-state index in [4.69, 9.17) is 16.3 Å². The highest BCUT2D eigenvalue weighted by Crippen LogP contribution is 2.24. The van der Waals surface area contributed by atoms with Crippen molar-refractivity contribution < 1.29 is 13.9 Å². The third kappa shape index (κ3) is 3.20. The van der Waals surface area contributed by atoms with Gasteiger partial charge in [0.25, 0.3) is 5.91 Å². The van der Waals surface area contributed by atoms with Crippen LogP contribution in [0.25, 0.3) is 0 Å². The van der Waals surface area contributed by atoms with Gasteiger partial charge in [-0.3, -0.25) is 4.79 Å². The van der Waals surface area contributed by atoms with E-state index in [1.165, 1.54) is 12.1 Å². The largest absolute Gasteiger partial charge is 0.370 e. The van der Waals surface area contributed by atoms with Crippen LogP contribution in [0.3, 0.4) is 0 Å². The molecule has 2 aromatic rings. The lowest BCUT2D eigenvalue weighted by molar-refractivity contribution is -0.0228. The molecule has 2 heterocycles. The Bertz CT molecular complexity index is 649. The molecule has 0 saturated carbocycles. The zero-order chi connectivity index (χ0) is 14.8. The van der Waals surface area contributed by atoms with Gasteiger partial charge in [-0.2, -0.15) is 0 Å². The molecule has 21 heavy (non-hydrogen) atoms. The van der Waals surface area contributed by atoms with Crippen molar-refractivity contribution in [3.05, 3.63) is 45.1 Å². The number of ether oxygens (including phenoxy) is 1. The molecule has 0 aliphatic carbocycles. The highest BCUT2D eigenvalue weighted by atomic mass is 35.5. The molecule has 1 amide bonds. The van der Waals surface area contributed by atoms with Crippen molar-refractivity contribution in [2.45, 2.75) is 6.10 Å². The van der Waals surface area contributed by atoms with Crippen molar-refractivity contribution in [3.63, 3.8) is 0 Å². The predicted molar refractivity (Wildman–Crippen MR) is 75.9 cm³/mol. The maximum atomic E-state index is 13.0.